The van der Waals surface area contributed by atoms with Crippen molar-refractivity contribution in [1.29, 1.82) is 0 Å². The number of anilines is 2. The second-order valence-electron chi connectivity index (χ2n) is 8.59. The van der Waals surface area contributed by atoms with E-state index in [2.05, 4.69) is 39.5 Å². The van der Waals surface area contributed by atoms with Gasteiger partial charge in [0.05, 0.1) is 12.7 Å². The van der Waals surface area contributed by atoms with Gasteiger partial charge in [-0.15, -0.1) is 0 Å². The third-order valence-corrected chi connectivity index (χ3v) is 6.53. The van der Waals surface area contributed by atoms with E-state index in [1.54, 1.807) is 24.2 Å². The molecule has 2 saturated heterocycles. The first-order chi connectivity index (χ1) is 16.1. The van der Waals surface area contributed by atoms with Crippen molar-refractivity contribution < 1.29 is 9.59 Å². The quantitative estimate of drug-likeness (QED) is 0.645. The van der Waals surface area contributed by atoms with Crippen LogP contribution in [0.1, 0.15) is 19.8 Å². The zero-order valence-corrected chi connectivity index (χ0v) is 18.9. The van der Waals surface area contributed by atoms with Gasteiger partial charge in [0.2, 0.25) is 11.8 Å². The van der Waals surface area contributed by atoms with Crippen LogP contribution in [0.3, 0.4) is 0 Å². The van der Waals surface area contributed by atoms with E-state index in [0.29, 0.717) is 26.2 Å². The van der Waals surface area contributed by atoms with E-state index < -0.39 is 0 Å². The van der Waals surface area contributed by atoms with Crippen LogP contribution in [0.25, 0.3) is 16.9 Å². The smallest absolute Gasteiger partial charge is 0.242 e. The molecule has 4 heterocycles. The first-order valence-electron chi connectivity index (χ1n) is 11.5. The number of rotatable bonds is 5. The summed E-state index contributed by atoms with van der Waals surface area (Å²) in [5, 5.41) is 3.33. The van der Waals surface area contributed by atoms with Gasteiger partial charge in [0.25, 0.3) is 0 Å². The summed E-state index contributed by atoms with van der Waals surface area (Å²) in [4.78, 5) is 39.4. The molecule has 2 aromatic heterocycles. The third kappa shape index (κ3) is 4.35. The van der Waals surface area contributed by atoms with Gasteiger partial charge in [0.1, 0.15) is 11.5 Å². The van der Waals surface area contributed by atoms with Gasteiger partial charge >= 0.3 is 0 Å². The van der Waals surface area contributed by atoms with Gasteiger partial charge in [0.15, 0.2) is 5.65 Å². The van der Waals surface area contributed by atoms with Crippen molar-refractivity contribution in [3.05, 3.63) is 42.9 Å². The molecule has 0 saturated carbocycles. The summed E-state index contributed by atoms with van der Waals surface area (Å²) in [5.41, 5.74) is 3.74. The molecule has 2 fully saturated rings. The van der Waals surface area contributed by atoms with E-state index in [9.17, 15) is 9.59 Å². The topological polar surface area (TPSA) is 86.1 Å². The molecule has 0 bridgehead atoms. The van der Waals surface area contributed by atoms with Gasteiger partial charge in [0, 0.05) is 69.8 Å². The zero-order chi connectivity index (χ0) is 22.8. The first kappa shape index (κ1) is 21.2. The first-order valence-corrected chi connectivity index (χ1v) is 11.5. The molecule has 1 aromatic carbocycles. The predicted molar refractivity (Wildman–Crippen MR) is 127 cm³/mol. The molecule has 9 nitrogen and oxygen atoms in total. The molecule has 9 heteroatoms. The summed E-state index contributed by atoms with van der Waals surface area (Å²) in [7, 11) is 0. The Kier molecular flexibility index (Phi) is 5.85. The van der Waals surface area contributed by atoms with Crippen molar-refractivity contribution in [2.24, 2.45) is 0 Å². The molecule has 172 valence electrons. The van der Waals surface area contributed by atoms with Gasteiger partial charge in [-0.3, -0.25) is 19.0 Å². The lowest BCUT2D eigenvalue weighted by molar-refractivity contribution is -0.137. The number of carbonyl (C=O) groups is 2. The molecule has 5 rings (SSSR count). The largest absolute Gasteiger partial charge is 0.372 e. The Morgan fingerprint density at radius 2 is 1.67 bits per heavy atom. The Bertz CT molecular complexity index is 1140. The van der Waals surface area contributed by atoms with Crippen molar-refractivity contribution in [2.75, 3.05) is 56.0 Å². The minimum Gasteiger partial charge on any atom is -0.372 e. The highest BCUT2D eigenvalue weighted by atomic mass is 16.2. The van der Waals surface area contributed by atoms with Gasteiger partial charge in [-0.25, -0.2) is 4.98 Å². The maximum Gasteiger partial charge on any atom is 0.242 e. The SMILES string of the molecule is CC(=O)N1CCN(C(=O)CNc2c(-c3ccc(N4CCCC4)cc3)nc3cnccn23)CC1. The van der Waals surface area contributed by atoms with Crippen LogP contribution in [-0.2, 0) is 9.59 Å². The number of hydrogen-bond acceptors (Lipinski definition) is 6. The van der Waals surface area contributed by atoms with Gasteiger partial charge < -0.3 is 20.0 Å². The van der Waals surface area contributed by atoms with Crippen LogP contribution in [0.4, 0.5) is 11.5 Å². The molecule has 0 aliphatic carbocycles. The van der Waals surface area contributed by atoms with E-state index >= 15 is 0 Å². The maximum absolute atomic E-state index is 12.9. The second kappa shape index (κ2) is 9.09. The Labute approximate surface area is 193 Å². The number of nitrogens with zero attached hydrogens (tertiary/aromatic N) is 6. The molecule has 1 N–H and O–H groups in total. The highest BCUT2D eigenvalue weighted by molar-refractivity contribution is 5.84. The maximum atomic E-state index is 12.9. The molecule has 0 spiro atoms. The molecule has 2 amide bonds. The monoisotopic (exact) mass is 447 g/mol. The number of imidazole rings is 1. The molecule has 0 radical (unpaired) electrons. The standard InChI is InChI=1S/C24H29N7O2/c1-18(32)28-12-14-30(15-13-28)22(33)17-26-24-23(27-21-16-25-8-11-31(21)24)19-4-6-20(7-5-19)29-9-2-3-10-29/h4-8,11,16,26H,2-3,9-10,12-15,17H2,1H3. The Morgan fingerprint density at radius 1 is 0.970 bits per heavy atom. The molecular formula is C24H29N7O2. The van der Waals surface area contributed by atoms with Crippen molar-refractivity contribution in [2.45, 2.75) is 19.8 Å². The fourth-order valence-corrected chi connectivity index (χ4v) is 4.62. The van der Waals surface area contributed by atoms with Crippen LogP contribution in [-0.4, -0.2) is 81.8 Å². The van der Waals surface area contributed by atoms with Crippen LogP contribution >= 0.6 is 0 Å². The number of nitrogens with one attached hydrogen (secondary N) is 1. The number of benzene rings is 1. The van der Waals surface area contributed by atoms with Crippen molar-refractivity contribution in [3.8, 4) is 11.3 Å². The molecule has 0 unspecified atom stereocenters. The fraction of sp³-hybridized carbons (Fsp3) is 0.417. The van der Waals surface area contributed by atoms with Crippen LogP contribution in [0.5, 0.6) is 0 Å². The van der Waals surface area contributed by atoms with Crippen molar-refractivity contribution in [1.82, 2.24) is 24.2 Å². The van der Waals surface area contributed by atoms with Gasteiger partial charge in [-0.2, -0.15) is 0 Å². The second-order valence-corrected chi connectivity index (χ2v) is 8.59. The van der Waals surface area contributed by atoms with E-state index in [1.165, 1.54) is 18.5 Å². The molecule has 33 heavy (non-hydrogen) atoms. The normalized spacial score (nSPS) is 16.5. The van der Waals surface area contributed by atoms with E-state index in [0.717, 1.165) is 35.8 Å². The third-order valence-electron chi connectivity index (χ3n) is 6.53. The van der Waals surface area contributed by atoms with E-state index in [1.807, 2.05) is 15.5 Å². The summed E-state index contributed by atoms with van der Waals surface area (Å²) in [6.07, 6.45) is 7.77. The summed E-state index contributed by atoms with van der Waals surface area (Å²) in [6.45, 7) is 6.22. The van der Waals surface area contributed by atoms with Gasteiger partial charge in [-0.05, 0) is 25.0 Å². The van der Waals surface area contributed by atoms with Crippen LogP contribution in [0, 0.1) is 0 Å². The number of carbonyl (C=O) groups excluding carboxylic acids is 2. The average Bonchev–Trinajstić information content (AvgIpc) is 3.51. The lowest BCUT2D eigenvalue weighted by atomic mass is 10.1. The summed E-state index contributed by atoms with van der Waals surface area (Å²) >= 11 is 0. The summed E-state index contributed by atoms with van der Waals surface area (Å²) < 4.78 is 1.93. The Balaban J connectivity index is 1.34. The molecule has 3 aromatic rings. The number of aromatic nitrogens is 3. The lowest BCUT2D eigenvalue weighted by Crippen LogP contribution is -2.51. The van der Waals surface area contributed by atoms with Gasteiger partial charge in [-0.1, -0.05) is 12.1 Å². The summed E-state index contributed by atoms with van der Waals surface area (Å²) in [5.74, 6) is 0.842. The highest BCUT2D eigenvalue weighted by Gasteiger charge is 2.23. The molecule has 2 aliphatic heterocycles. The minimum absolute atomic E-state index is 0.0116. The minimum atomic E-state index is 0.0116. The van der Waals surface area contributed by atoms with Crippen molar-refractivity contribution in [3.63, 3.8) is 0 Å². The Morgan fingerprint density at radius 3 is 2.36 bits per heavy atom. The molecule has 0 atom stereocenters. The van der Waals surface area contributed by atoms with Crippen LogP contribution in [0.15, 0.2) is 42.9 Å². The Hall–Kier alpha value is -3.62. The van der Waals surface area contributed by atoms with E-state index in [-0.39, 0.29) is 18.4 Å². The summed E-state index contributed by atoms with van der Waals surface area (Å²) in [6, 6.07) is 8.48. The zero-order valence-electron chi connectivity index (χ0n) is 18.9. The van der Waals surface area contributed by atoms with Crippen LogP contribution < -0.4 is 10.2 Å². The number of fused-ring (bicyclic) bond motifs is 1. The lowest BCUT2D eigenvalue weighted by Gasteiger charge is -2.34. The highest BCUT2D eigenvalue weighted by Crippen LogP contribution is 2.30. The van der Waals surface area contributed by atoms with Crippen LogP contribution in [0.2, 0.25) is 0 Å². The average molecular weight is 448 g/mol. The van der Waals surface area contributed by atoms with Crippen molar-refractivity contribution >= 4 is 29.0 Å². The van der Waals surface area contributed by atoms with E-state index in [4.69, 9.17) is 4.98 Å². The predicted octanol–water partition coefficient (Wildman–Crippen LogP) is 2.10. The fourth-order valence-electron chi connectivity index (χ4n) is 4.62. The number of piperazine rings is 1. The number of hydrogen-bond donors (Lipinski definition) is 1. The molecule has 2 aliphatic rings. The number of amides is 2. The molecular weight excluding hydrogens is 418 g/mol.